The normalized spacial score (nSPS) is 20.5. The van der Waals surface area contributed by atoms with Gasteiger partial charge in [-0.05, 0) is 61.4 Å². The first kappa shape index (κ1) is 15.3. The summed E-state index contributed by atoms with van der Waals surface area (Å²) in [7, 11) is 0. The lowest BCUT2D eigenvalue weighted by atomic mass is 9.79. The average Bonchev–Trinajstić information content (AvgIpc) is 2.63. The highest BCUT2D eigenvalue weighted by Gasteiger charge is 2.28. The van der Waals surface area contributed by atoms with Crippen molar-refractivity contribution in [3.63, 3.8) is 0 Å². The van der Waals surface area contributed by atoms with Gasteiger partial charge in [-0.1, -0.05) is 30.3 Å². The van der Waals surface area contributed by atoms with Crippen molar-refractivity contribution in [2.45, 2.75) is 31.6 Å². The molecule has 3 heteroatoms. The molecule has 0 heterocycles. The van der Waals surface area contributed by atoms with Crippen molar-refractivity contribution in [2.75, 3.05) is 0 Å². The first-order valence-corrected chi connectivity index (χ1v) is 8.03. The van der Waals surface area contributed by atoms with Crippen LogP contribution in [0.15, 0.2) is 54.6 Å². The van der Waals surface area contributed by atoms with E-state index in [0.717, 1.165) is 25.7 Å². The van der Waals surface area contributed by atoms with Gasteiger partial charge < -0.3 is 4.74 Å². The molecule has 1 aliphatic rings. The van der Waals surface area contributed by atoms with Crippen molar-refractivity contribution < 1.29 is 9.53 Å². The highest BCUT2D eigenvalue weighted by atomic mass is 16.5. The van der Waals surface area contributed by atoms with Crippen LogP contribution in [-0.4, -0.2) is 5.97 Å². The fraction of sp³-hybridized carbons (Fsp3) is 0.300. The van der Waals surface area contributed by atoms with Gasteiger partial charge >= 0.3 is 5.97 Å². The van der Waals surface area contributed by atoms with Crippen molar-refractivity contribution in [2.24, 2.45) is 5.92 Å². The zero-order chi connectivity index (χ0) is 16.1. The summed E-state index contributed by atoms with van der Waals surface area (Å²) in [6.45, 7) is 0. The van der Waals surface area contributed by atoms with Crippen LogP contribution in [-0.2, 0) is 4.79 Å². The lowest BCUT2D eigenvalue weighted by Crippen LogP contribution is -2.25. The topological polar surface area (TPSA) is 50.1 Å². The molecule has 23 heavy (non-hydrogen) atoms. The molecule has 3 rings (SSSR count). The summed E-state index contributed by atoms with van der Waals surface area (Å²) in [4.78, 5) is 12.3. The SMILES string of the molecule is N#Cc1ccc(OC(=O)C2CCC(c3ccccc3)CC2)cc1. The fourth-order valence-corrected chi connectivity index (χ4v) is 3.18. The highest BCUT2D eigenvalue weighted by molar-refractivity contribution is 5.75. The summed E-state index contributed by atoms with van der Waals surface area (Å²) in [5, 5.41) is 8.78. The molecule has 0 radical (unpaired) electrons. The summed E-state index contributed by atoms with van der Waals surface area (Å²) >= 11 is 0. The van der Waals surface area contributed by atoms with Gasteiger partial charge in [0.15, 0.2) is 0 Å². The van der Waals surface area contributed by atoms with Gasteiger partial charge in [-0.25, -0.2) is 0 Å². The van der Waals surface area contributed by atoms with E-state index in [9.17, 15) is 4.79 Å². The molecule has 0 aromatic heterocycles. The molecule has 0 aliphatic heterocycles. The summed E-state index contributed by atoms with van der Waals surface area (Å²) in [6.07, 6.45) is 3.79. The van der Waals surface area contributed by atoms with E-state index in [1.165, 1.54) is 5.56 Å². The van der Waals surface area contributed by atoms with Gasteiger partial charge in [0, 0.05) is 0 Å². The largest absolute Gasteiger partial charge is 0.426 e. The number of nitrogens with zero attached hydrogens (tertiary/aromatic N) is 1. The predicted octanol–water partition coefficient (Wildman–Crippen LogP) is 4.44. The van der Waals surface area contributed by atoms with Crippen LogP contribution in [0.25, 0.3) is 0 Å². The fourth-order valence-electron chi connectivity index (χ4n) is 3.18. The lowest BCUT2D eigenvalue weighted by Gasteiger charge is -2.27. The Labute approximate surface area is 136 Å². The Morgan fingerprint density at radius 3 is 2.22 bits per heavy atom. The van der Waals surface area contributed by atoms with Crippen LogP contribution >= 0.6 is 0 Å². The number of rotatable bonds is 3. The van der Waals surface area contributed by atoms with Gasteiger partial charge in [0.2, 0.25) is 0 Å². The van der Waals surface area contributed by atoms with Gasteiger partial charge in [0.05, 0.1) is 17.6 Å². The highest BCUT2D eigenvalue weighted by Crippen LogP contribution is 2.36. The van der Waals surface area contributed by atoms with Crippen molar-refractivity contribution in [1.82, 2.24) is 0 Å². The van der Waals surface area contributed by atoms with E-state index in [2.05, 4.69) is 30.3 Å². The van der Waals surface area contributed by atoms with Gasteiger partial charge in [-0.15, -0.1) is 0 Å². The maximum absolute atomic E-state index is 12.3. The number of benzene rings is 2. The minimum absolute atomic E-state index is 0.0226. The second-order valence-corrected chi connectivity index (χ2v) is 6.02. The second kappa shape index (κ2) is 7.11. The van der Waals surface area contributed by atoms with E-state index in [-0.39, 0.29) is 11.9 Å². The molecule has 0 amide bonds. The molecule has 3 nitrogen and oxygen atoms in total. The number of carbonyl (C=O) groups excluding carboxylic acids is 1. The molecule has 1 fully saturated rings. The van der Waals surface area contributed by atoms with Gasteiger partial charge in [0.1, 0.15) is 5.75 Å². The Balaban J connectivity index is 1.55. The van der Waals surface area contributed by atoms with Gasteiger partial charge in [-0.2, -0.15) is 5.26 Å². The Hall–Kier alpha value is -2.60. The summed E-state index contributed by atoms with van der Waals surface area (Å²) in [5.74, 6) is 0.890. The predicted molar refractivity (Wildman–Crippen MR) is 87.9 cm³/mol. The van der Waals surface area contributed by atoms with E-state index in [1.807, 2.05) is 6.07 Å². The van der Waals surface area contributed by atoms with Gasteiger partial charge in [-0.3, -0.25) is 4.79 Å². The Bertz CT molecular complexity index is 693. The second-order valence-electron chi connectivity index (χ2n) is 6.02. The van der Waals surface area contributed by atoms with Crippen molar-refractivity contribution in [1.29, 1.82) is 5.26 Å². The molecule has 0 unspecified atom stereocenters. The van der Waals surface area contributed by atoms with E-state index in [1.54, 1.807) is 24.3 Å². The van der Waals surface area contributed by atoms with Crippen molar-refractivity contribution in [3.8, 4) is 11.8 Å². The number of hydrogen-bond acceptors (Lipinski definition) is 3. The quantitative estimate of drug-likeness (QED) is 0.622. The third-order valence-corrected chi connectivity index (χ3v) is 4.53. The van der Waals surface area contributed by atoms with Gasteiger partial charge in [0.25, 0.3) is 0 Å². The zero-order valence-electron chi connectivity index (χ0n) is 12.9. The monoisotopic (exact) mass is 305 g/mol. The van der Waals surface area contributed by atoms with Crippen LogP contribution in [0, 0.1) is 17.2 Å². The zero-order valence-corrected chi connectivity index (χ0v) is 12.9. The standard InChI is InChI=1S/C20H19NO2/c21-14-15-6-12-19(13-7-15)23-20(22)18-10-8-17(9-11-18)16-4-2-1-3-5-16/h1-7,12-13,17-18H,8-11H2. The molecule has 1 saturated carbocycles. The van der Waals surface area contributed by atoms with Crippen LogP contribution in [0.3, 0.4) is 0 Å². The van der Waals surface area contributed by atoms with Crippen LogP contribution in [0.2, 0.25) is 0 Å². The summed E-state index contributed by atoms with van der Waals surface area (Å²) < 4.78 is 5.45. The average molecular weight is 305 g/mol. The van der Waals surface area contributed by atoms with E-state index < -0.39 is 0 Å². The van der Waals surface area contributed by atoms with Crippen LogP contribution in [0.1, 0.15) is 42.7 Å². The number of nitriles is 1. The molecule has 0 saturated heterocycles. The smallest absolute Gasteiger partial charge is 0.314 e. The molecular weight excluding hydrogens is 286 g/mol. The minimum atomic E-state index is -0.152. The summed E-state index contributed by atoms with van der Waals surface area (Å²) in [6, 6.07) is 19.2. The van der Waals surface area contributed by atoms with Crippen LogP contribution < -0.4 is 4.74 Å². The van der Waals surface area contributed by atoms with E-state index in [4.69, 9.17) is 10.00 Å². The van der Waals surface area contributed by atoms with E-state index in [0.29, 0.717) is 17.2 Å². The molecule has 0 N–H and O–H groups in total. The Kier molecular flexibility index (Phi) is 4.73. The number of carbonyl (C=O) groups is 1. The Morgan fingerprint density at radius 2 is 1.61 bits per heavy atom. The first-order valence-electron chi connectivity index (χ1n) is 8.03. The summed E-state index contributed by atoms with van der Waals surface area (Å²) in [5.41, 5.74) is 1.93. The van der Waals surface area contributed by atoms with Crippen molar-refractivity contribution >= 4 is 5.97 Å². The third-order valence-electron chi connectivity index (χ3n) is 4.53. The first-order chi connectivity index (χ1) is 11.3. The molecular formula is C20H19NO2. The van der Waals surface area contributed by atoms with Crippen molar-refractivity contribution in [3.05, 3.63) is 65.7 Å². The number of hydrogen-bond donors (Lipinski definition) is 0. The van der Waals surface area contributed by atoms with Crippen LogP contribution in [0.4, 0.5) is 0 Å². The number of ether oxygens (including phenoxy) is 1. The van der Waals surface area contributed by atoms with Crippen LogP contribution in [0.5, 0.6) is 5.75 Å². The maximum atomic E-state index is 12.3. The lowest BCUT2D eigenvalue weighted by molar-refractivity contribution is -0.140. The molecule has 116 valence electrons. The molecule has 0 bridgehead atoms. The third kappa shape index (κ3) is 3.78. The molecule has 1 aliphatic carbocycles. The minimum Gasteiger partial charge on any atom is -0.426 e. The molecule has 2 aromatic carbocycles. The molecule has 2 aromatic rings. The number of esters is 1. The molecule has 0 spiro atoms. The Morgan fingerprint density at radius 1 is 0.957 bits per heavy atom. The molecule has 0 atom stereocenters. The van der Waals surface area contributed by atoms with E-state index >= 15 is 0 Å². The maximum Gasteiger partial charge on any atom is 0.314 e.